The predicted molar refractivity (Wildman–Crippen MR) is 64.0 cm³/mol. The quantitative estimate of drug-likeness (QED) is 0.357. The summed E-state index contributed by atoms with van der Waals surface area (Å²) < 4.78 is 28.2. The molecular formula is C11H12F2N4O2. The Labute approximate surface area is 108 Å². The number of carbonyl (C=O) groups excluding carboxylic acids is 1. The molecule has 8 heteroatoms. The van der Waals surface area contributed by atoms with Crippen molar-refractivity contribution in [3.8, 4) is 5.75 Å². The number of benzene rings is 1. The van der Waals surface area contributed by atoms with E-state index in [9.17, 15) is 13.6 Å². The number of alkyl halides is 2. The normalized spacial score (nSPS) is 9.84. The molecule has 1 N–H and O–H groups in total. The van der Waals surface area contributed by atoms with Crippen LogP contribution in [-0.2, 0) is 0 Å². The number of halogens is 2. The summed E-state index contributed by atoms with van der Waals surface area (Å²) in [4.78, 5) is 14.2. The van der Waals surface area contributed by atoms with Crippen LogP contribution in [0.15, 0.2) is 29.4 Å². The molecule has 0 aliphatic carbocycles. The summed E-state index contributed by atoms with van der Waals surface area (Å²) in [5.41, 5.74) is 8.28. The second-order valence-corrected chi connectivity index (χ2v) is 3.47. The first-order valence-corrected chi connectivity index (χ1v) is 5.47. The maximum absolute atomic E-state index is 12.0. The van der Waals surface area contributed by atoms with Crippen LogP contribution in [0.5, 0.6) is 5.75 Å². The zero-order valence-corrected chi connectivity index (χ0v) is 9.92. The topological polar surface area (TPSA) is 87.1 Å². The highest BCUT2D eigenvalue weighted by Crippen LogP contribution is 2.15. The molecule has 1 aromatic carbocycles. The van der Waals surface area contributed by atoms with E-state index in [1.54, 1.807) is 0 Å². The Balaban J connectivity index is 2.49. The van der Waals surface area contributed by atoms with E-state index in [0.717, 1.165) is 0 Å². The van der Waals surface area contributed by atoms with Crippen molar-refractivity contribution in [1.29, 1.82) is 0 Å². The number of ether oxygens (including phenoxy) is 1. The van der Waals surface area contributed by atoms with Crippen molar-refractivity contribution in [3.05, 3.63) is 40.3 Å². The highest BCUT2D eigenvalue weighted by Gasteiger charge is 2.08. The van der Waals surface area contributed by atoms with Crippen LogP contribution in [-0.4, -0.2) is 25.6 Å². The number of carbonyl (C=O) groups is 1. The lowest BCUT2D eigenvalue weighted by Gasteiger charge is -2.07. The fourth-order valence-electron chi connectivity index (χ4n) is 1.31. The van der Waals surface area contributed by atoms with Crippen LogP contribution >= 0.6 is 0 Å². The maximum Gasteiger partial charge on any atom is 0.387 e. The van der Waals surface area contributed by atoms with Crippen molar-refractivity contribution in [2.24, 2.45) is 5.11 Å². The highest BCUT2D eigenvalue weighted by atomic mass is 19.3. The van der Waals surface area contributed by atoms with Gasteiger partial charge in [-0.15, -0.1) is 0 Å². The van der Waals surface area contributed by atoms with Crippen molar-refractivity contribution in [2.45, 2.75) is 13.0 Å². The van der Waals surface area contributed by atoms with Gasteiger partial charge in [-0.1, -0.05) is 11.2 Å². The van der Waals surface area contributed by atoms with Crippen LogP contribution in [0.25, 0.3) is 10.4 Å². The smallest absolute Gasteiger partial charge is 0.387 e. The van der Waals surface area contributed by atoms with E-state index < -0.39 is 12.5 Å². The van der Waals surface area contributed by atoms with Gasteiger partial charge in [0, 0.05) is 23.6 Å². The Bertz CT molecular complexity index is 476. The Morgan fingerprint density at radius 3 is 3.00 bits per heavy atom. The second kappa shape index (κ2) is 7.88. The average Bonchev–Trinajstić information content (AvgIpc) is 2.38. The van der Waals surface area contributed by atoms with Gasteiger partial charge in [-0.25, -0.2) is 0 Å². The van der Waals surface area contributed by atoms with Crippen LogP contribution in [0.1, 0.15) is 16.8 Å². The Morgan fingerprint density at radius 1 is 1.53 bits per heavy atom. The largest absolute Gasteiger partial charge is 0.435 e. The lowest BCUT2D eigenvalue weighted by molar-refractivity contribution is -0.0498. The summed E-state index contributed by atoms with van der Waals surface area (Å²) in [6.45, 7) is -2.31. The van der Waals surface area contributed by atoms with Crippen LogP contribution in [0, 0.1) is 0 Å². The predicted octanol–water partition coefficient (Wildman–Crippen LogP) is 2.72. The second-order valence-electron chi connectivity index (χ2n) is 3.47. The van der Waals surface area contributed by atoms with Crippen LogP contribution < -0.4 is 10.1 Å². The van der Waals surface area contributed by atoms with E-state index in [4.69, 9.17) is 5.53 Å². The molecule has 19 heavy (non-hydrogen) atoms. The summed E-state index contributed by atoms with van der Waals surface area (Å²) in [5, 5.41) is 5.89. The molecular weight excluding hydrogens is 258 g/mol. The first-order chi connectivity index (χ1) is 9.13. The van der Waals surface area contributed by atoms with Crippen molar-refractivity contribution in [1.82, 2.24) is 5.32 Å². The molecule has 0 radical (unpaired) electrons. The van der Waals surface area contributed by atoms with Gasteiger partial charge < -0.3 is 10.1 Å². The molecule has 0 bridgehead atoms. The molecule has 0 heterocycles. The monoisotopic (exact) mass is 270 g/mol. The Hall–Kier alpha value is -2.34. The van der Waals surface area contributed by atoms with Crippen molar-refractivity contribution >= 4 is 5.91 Å². The lowest BCUT2D eigenvalue weighted by atomic mass is 10.2. The van der Waals surface area contributed by atoms with Crippen molar-refractivity contribution in [2.75, 3.05) is 13.1 Å². The third-order valence-electron chi connectivity index (χ3n) is 2.11. The van der Waals surface area contributed by atoms with Gasteiger partial charge in [-0.05, 0) is 30.2 Å². The molecule has 1 rings (SSSR count). The van der Waals surface area contributed by atoms with Gasteiger partial charge in [0.2, 0.25) is 0 Å². The van der Waals surface area contributed by atoms with Gasteiger partial charge in [0.05, 0.1) is 0 Å². The number of rotatable bonds is 7. The van der Waals surface area contributed by atoms with Gasteiger partial charge in [0.15, 0.2) is 0 Å². The van der Waals surface area contributed by atoms with E-state index in [1.165, 1.54) is 24.3 Å². The highest BCUT2D eigenvalue weighted by molar-refractivity contribution is 5.94. The summed E-state index contributed by atoms with van der Waals surface area (Å²) in [6.07, 6.45) is 0.503. The first kappa shape index (κ1) is 14.7. The van der Waals surface area contributed by atoms with E-state index in [1.807, 2.05) is 0 Å². The molecule has 0 saturated heterocycles. The van der Waals surface area contributed by atoms with Gasteiger partial charge in [0.25, 0.3) is 5.91 Å². The first-order valence-electron chi connectivity index (χ1n) is 5.47. The van der Waals surface area contributed by atoms with E-state index in [0.29, 0.717) is 13.0 Å². The maximum atomic E-state index is 12.0. The summed E-state index contributed by atoms with van der Waals surface area (Å²) in [7, 11) is 0. The van der Waals surface area contributed by atoms with Crippen molar-refractivity contribution < 1.29 is 18.3 Å². The molecule has 0 spiro atoms. The molecule has 102 valence electrons. The van der Waals surface area contributed by atoms with Crippen LogP contribution in [0.3, 0.4) is 0 Å². The molecule has 0 fully saturated rings. The lowest BCUT2D eigenvalue weighted by Crippen LogP contribution is -2.24. The minimum atomic E-state index is -2.93. The number of amides is 1. The minimum Gasteiger partial charge on any atom is -0.435 e. The van der Waals surface area contributed by atoms with E-state index in [-0.39, 0.29) is 17.9 Å². The molecule has 0 aliphatic heterocycles. The third-order valence-corrected chi connectivity index (χ3v) is 2.11. The van der Waals surface area contributed by atoms with Gasteiger partial charge in [-0.3, -0.25) is 4.79 Å². The Morgan fingerprint density at radius 2 is 2.32 bits per heavy atom. The molecule has 1 aromatic rings. The standard InChI is InChI=1S/C11H12F2N4O2/c12-11(13)19-9-4-1-3-8(7-9)10(18)15-5-2-6-16-17-14/h1,3-4,7,11H,2,5-6H2,(H,15,18). The summed E-state index contributed by atoms with van der Waals surface area (Å²) >= 11 is 0. The molecule has 0 unspecified atom stereocenters. The van der Waals surface area contributed by atoms with Crippen molar-refractivity contribution in [3.63, 3.8) is 0 Å². The van der Waals surface area contributed by atoms with E-state index in [2.05, 4.69) is 20.1 Å². The van der Waals surface area contributed by atoms with Crippen LogP contribution in [0.4, 0.5) is 8.78 Å². The van der Waals surface area contributed by atoms with Crippen LogP contribution in [0.2, 0.25) is 0 Å². The average molecular weight is 270 g/mol. The molecule has 6 nitrogen and oxygen atoms in total. The number of nitrogens with zero attached hydrogens (tertiary/aromatic N) is 3. The van der Waals surface area contributed by atoms with Gasteiger partial charge in [-0.2, -0.15) is 8.78 Å². The Kier molecular flexibility index (Phi) is 6.11. The number of azide groups is 1. The third kappa shape index (κ3) is 5.69. The summed E-state index contributed by atoms with van der Waals surface area (Å²) in [5.74, 6) is -0.475. The molecule has 1 amide bonds. The molecule has 0 aliphatic rings. The zero-order valence-electron chi connectivity index (χ0n) is 9.92. The molecule has 0 atom stereocenters. The zero-order chi connectivity index (χ0) is 14.1. The fourth-order valence-corrected chi connectivity index (χ4v) is 1.31. The summed E-state index contributed by atoms with van der Waals surface area (Å²) in [6, 6.07) is 5.51. The number of hydrogen-bond acceptors (Lipinski definition) is 3. The number of hydrogen-bond donors (Lipinski definition) is 1. The SMILES string of the molecule is [N-]=[N+]=NCCCNC(=O)c1cccc(OC(F)F)c1. The fraction of sp³-hybridized carbons (Fsp3) is 0.364. The number of nitrogens with one attached hydrogen (secondary N) is 1. The van der Waals surface area contributed by atoms with E-state index >= 15 is 0 Å². The minimum absolute atomic E-state index is 0.0725. The van der Waals surface area contributed by atoms with Gasteiger partial charge in [0.1, 0.15) is 5.75 Å². The molecule has 0 saturated carbocycles. The molecule has 0 aromatic heterocycles. The van der Waals surface area contributed by atoms with Gasteiger partial charge >= 0.3 is 6.61 Å².